The maximum atomic E-state index is 13.5. The van der Waals surface area contributed by atoms with E-state index in [0.29, 0.717) is 11.3 Å². The number of carbonyl (C=O) groups excluding carboxylic acids is 3. The molecule has 0 N–H and O–H groups in total. The Morgan fingerprint density at radius 1 is 1.15 bits per heavy atom. The zero-order valence-electron chi connectivity index (χ0n) is 14.7. The quantitative estimate of drug-likeness (QED) is 0.618. The number of ether oxygens (including phenoxy) is 2. The fourth-order valence-corrected chi connectivity index (χ4v) is 3.89. The van der Waals surface area contributed by atoms with Gasteiger partial charge in [0.15, 0.2) is 0 Å². The zero-order valence-corrected chi connectivity index (χ0v) is 14.7. The predicted octanol–water partition coefficient (Wildman–Crippen LogP) is 2.30. The molecule has 2 aliphatic heterocycles. The summed E-state index contributed by atoms with van der Waals surface area (Å²) in [6.07, 6.45) is 0. The van der Waals surface area contributed by atoms with Gasteiger partial charge in [-0.1, -0.05) is 55.1 Å². The van der Waals surface area contributed by atoms with E-state index in [2.05, 4.69) is 6.58 Å². The molecule has 0 radical (unpaired) electrons. The van der Waals surface area contributed by atoms with Crippen molar-refractivity contribution in [3.8, 4) is 0 Å². The van der Waals surface area contributed by atoms with Gasteiger partial charge in [0.1, 0.15) is 6.54 Å². The van der Waals surface area contributed by atoms with Crippen LogP contribution in [0.15, 0.2) is 66.7 Å². The third-order valence-electron chi connectivity index (χ3n) is 5.08. The molecule has 0 aromatic heterocycles. The van der Waals surface area contributed by atoms with E-state index in [0.717, 1.165) is 5.56 Å². The number of anilines is 1. The van der Waals surface area contributed by atoms with Crippen molar-refractivity contribution in [2.45, 2.75) is 11.5 Å². The number of benzene rings is 2. The molecule has 1 amide bonds. The maximum Gasteiger partial charge on any atom is 0.335 e. The fourth-order valence-electron chi connectivity index (χ4n) is 3.89. The van der Waals surface area contributed by atoms with E-state index in [-0.39, 0.29) is 12.1 Å². The molecule has 0 aliphatic carbocycles. The van der Waals surface area contributed by atoms with Gasteiger partial charge in [-0.3, -0.25) is 14.5 Å². The Hall–Kier alpha value is -3.41. The Morgan fingerprint density at radius 3 is 2.52 bits per heavy atom. The highest BCUT2D eigenvalue weighted by atomic mass is 16.6. The second-order valence-electron chi connectivity index (χ2n) is 6.48. The predicted molar refractivity (Wildman–Crippen MR) is 96.9 cm³/mol. The summed E-state index contributed by atoms with van der Waals surface area (Å²) in [6, 6.07) is 16.2. The van der Waals surface area contributed by atoms with Crippen LogP contribution in [-0.2, 0) is 29.5 Å². The molecule has 0 saturated carbocycles. The summed E-state index contributed by atoms with van der Waals surface area (Å²) >= 11 is 0. The minimum Gasteiger partial charge on any atom is -0.468 e. The van der Waals surface area contributed by atoms with E-state index in [4.69, 9.17) is 9.47 Å². The Labute approximate surface area is 156 Å². The third kappa shape index (κ3) is 2.30. The molecule has 1 fully saturated rings. The smallest absolute Gasteiger partial charge is 0.335 e. The van der Waals surface area contributed by atoms with Gasteiger partial charge in [-0.2, -0.15) is 0 Å². The summed E-state index contributed by atoms with van der Waals surface area (Å²) < 4.78 is 10.4. The minimum absolute atomic E-state index is 0.212. The second kappa shape index (κ2) is 6.09. The highest BCUT2D eigenvalue weighted by Gasteiger charge is 2.64. The van der Waals surface area contributed by atoms with Gasteiger partial charge in [-0.15, -0.1) is 0 Å². The summed E-state index contributed by atoms with van der Waals surface area (Å²) in [4.78, 5) is 39.2. The minimum atomic E-state index is -1.57. The molecule has 2 heterocycles. The lowest BCUT2D eigenvalue weighted by molar-refractivity contribution is -0.157. The largest absolute Gasteiger partial charge is 0.468 e. The van der Waals surface area contributed by atoms with Gasteiger partial charge < -0.3 is 9.47 Å². The molecule has 2 aliphatic rings. The topological polar surface area (TPSA) is 72.9 Å². The van der Waals surface area contributed by atoms with Gasteiger partial charge >= 0.3 is 11.9 Å². The first-order valence-corrected chi connectivity index (χ1v) is 8.46. The van der Waals surface area contributed by atoms with Crippen LogP contribution >= 0.6 is 0 Å². The van der Waals surface area contributed by atoms with Crippen molar-refractivity contribution in [2.24, 2.45) is 0 Å². The molecule has 0 unspecified atom stereocenters. The molecule has 4 rings (SSSR count). The van der Waals surface area contributed by atoms with Gasteiger partial charge in [-0.25, -0.2) is 4.79 Å². The van der Waals surface area contributed by atoms with Gasteiger partial charge in [0.05, 0.1) is 18.7 Å². The monoisotopic (exact) mass is 363 g/mol. The van der Waals surface area contributed by atoms with Crippen LogP contribution in [0.5, 0.6) is 0 Å². The average molecular weight is 363 g/mol. The molecule has 0 bridgehead atoms. The first kappa shape index (κ1) is 17.0. The van der Waals surface area contributed by atoms with Crippen LogP contribution in [0.1, 0.15) is 17.0 Å². The number of rotatable bonds is 3. The van der Waals surface area contributed by atoms with Crippen molar-refractivity contribution >= 4 is 23.5 Å². The van der Waals surface area contributed by atoms with Crippen LogP contribution in [0.2, 0.25) is 0 Å². The van der Waals surface area contributed by atoms with E-state index >= 15 is 0 Å². The number of para-hydroxylation sites is 1. The van der Waals surface area contributed by atoms with Crippen molar-refractivity contribution in [1.29, 1.82) is 0 Å². The lowest BCUT2D eigenvalue weighted by Gasteiger charge is -2.28. The highest BCUT2D eigenvalue weighted by Crippen LogP contribution is 2.56. The molecule has 6 heteroatoms. The molecule has 6 nitrogen and oxygen atoms in total. The molecule has 2 aromatic rings. The van der Waals surface area contributed by atoms with Crippen molar-refractivity contribution in [1.82, 2.24) is 0 Å². The standard InChI is InChI=1S/C21H17NO5/c1-13-18(14-8-4-3-5-9-14)21(27-19(13)24)15-10-6-7-11-16(15)22(20(21)25)12-17(23)26-2/h3-11,18H,1,12H2,2H3/t18-,21-/m0/s1. The number of methoxy groups -OCH3 is 1. The first-order chi connectivity index (χ1) is 13.0. The SMILES string of the molecule is C=C1C(=O)O[C@]2(C(=O)N(CC(=O)OC)c3ccccc32)[C@@H]1c1ccccc1. The number of hydrogen-bond acceptors (Lipinski definition) is 5. The summed E-state index contributed by atoms with van der Waals surface area (Å²) in [5.74, 6) is -2.33. The van der Waals surface area contributed by atoms with E-state index in [9.17, 15) is 14.4 Å². The summed E-state index contributed by atoms with van der Waals surface area (Å²) in [5.41, 5.74) is 0.455. The van der Waals surface area contributed by atoms with E-state index in [1.54, 1.807) is 24.3 Å². The van der Waals surface area contributed by atoms with Crippen LogP contribution < -0.4 is 4.90 Å². The fraction of sp³-hybridized carbons (Fsp3) is 0.190. The number of amides is 1. The molecule has 2 aromatic carbocycles. The van der Waals surface area contributed by atoms with E-state index < -0.39 is 29.4 Å². The Balaban J connectivity index is 1.93. The Kier molecular flexibility index (Phi) is 3.84. The number of nitrogens with zero attached hydrogens (tertiary/aromatic N) is 1. The van der Waals surface area contributed by atoms with Gasteiger partial charge in [0, 0.05) is 11.1 Å². The molecule has 27 heavy (non-hydrogen) atoms. The summed E-state index contributed by atoms with van der Waals surface area (Å²) in [6.45, 7) is 3.62. The van der Waals surface area contributed by atoms with Gasteiger partial charge in [0.25, 0.3) is 5.91 Å². The summed E-state index contributed by atoms with van der Waals surface area (Å²) in [7, 11) is 1.26. The number of carbonyl (C=O) groups is 3. The second-order valence-corrected chi connectivity index (χ2v) is 6.48. The number of hydrogen-bond donors (Lipinski definition) is 0. The average Bonchev–Trinajstić information content (AvgIpc) is 3.09. The molecule has 136 valence electrons. The van der Waals surface area contributed by atoms with Crippen LogP contribution in [0.3, 0.4) is 0 Å². The van der Waals surface area contributed by atoms with Crippen LogP contribution in [0, 0.1) is 0 Å². The first-order valence-electron chi connectivity index (χ1n) is 8.46. The van der Waals surface area contributed by atoms with Crippen LogP contribution in [-0.4, -0.2) is 31.5 Å². The maximum absolute atomic E-state index is 13.5. The van der Waals surface area contributed by atoms with Crippen molar-refractivity contribution in [3.05, 3.63) is 77.9 Å². The number of esters is 2. The normalized spacial score (nSPS) is 23.5. The molecule has 1 spiro atoms. The lowest BCUT2D eigenvalue weighted by atomic mass is 9.76. The molecule has 1 saturated heterocycles. The third-order valence-corrected chi connectivity index (χ3v) is 5.08. The summed E-state index contributed by atoms with van der Waals surface area (Å²) in [5, 5.41) is 0. The molecular weight excluding hydrogens is 346 g/mol. The highest BCUT2D eigenvalue weighted by molar-refractivity contribution is 6.14. The van der Waals surface area contributed by atoms with E-state index in [1.807, 2.05) is 30.3 Å². The van der Waals surface area contributed by atoms with E-state index in [1.165, 1.54) is 12.0 Å². The van der Waals surface area contributed by atoms with Crippen LogP contribution in [0.25, 0.3) is 0 Å². The Morgan fingerprint density at radius 2 is 1.81 bits per heavy atom. The van der Waals surface area contributed by atoms with Gasteiger partial charge in [0.2, 0.25) is 5.60 Å². The molecule has 2 atom stereocenters. The van der Waals surface area contributed by atoms with Crippen LogP contribution in [0.4, 0.5) is 5.69 Å². The Bertz CT molecular complexity index is 968. The molecular formula is C21H17NO5. The van der Waals surface area contributed by atoms with Gasteiger partial charge in [-0.05, 0) is 11.6 Å². The zero-order chi connectivity index (χ0) is 19.2. The van der Waals surface area contributed by atoms with Crippen molar-refractivity contribution in [3.63, 3.8) is 0 Å². The number of fused-ring (bicyclic) bond motifs is 2. The van der Waals surface area contributed by atoms with Crippen molar-refractivity contribution in [2.75, 3.05) is 18.6 Å². The van der Waals surface area contributed by atoms with Crippen molar-refractivity contribution < 1.29 is 23.9 Å². The lowest BCUT2D eigenvalue weighted by Crippen LogP contribution is -2.45.